The lowest BCUT2D eigenvalue weighted by Gasteiger charge is -2.26. The summed E-state index contributed by atoms with van der Waals surface area (Å²) in [5.74, 6) is -0.492. The second-order valence-electron chi connectivity index (χ2n) is 7.50. The van der Waals surface area contributed by atoms with Gasteiger partial charge in [0, 0.05) is 28.3 Å². The molecule has 2 heterocycles. The van der Waals surface area contributed by atoms with Gasteiger partial charge in [-0.25, -0.2) is 4.79 Å². The molecule has 0 spiro atoms. The number of hydrogen-bond donors (Lipinski definition) is 2. The highest BCUT2D eigenvalue weighted by Crippen LogP contribution is 2.51. The molecule has 164 valence electrons. The predicted octanol–water partition coefficient (Wildman–Crippen LogP) is 5.47. The van der Waals surface area contributed by atoms with Crippen molar-refractivity contribution in [1.29, 1.82) is 0 Å². The molecule has 2 N–H and O–H groups in total. The Kier molecular flexibility index (Phi) is 6.01. The summed E-state index contributed by atoms with van der Waals surface area (Å²) in [7, 11) is 1.56. The Balaban J connectivity index is 1.93. The first-order valence-electron chi connectivity index (χ1n) is 10.1. The normalized spacial score (nSPS) is 14.9. The smallest absolute Gasteiger partial charge is 0.346 e. The average Bonchev–Trinajstić information content (AvgIpc) is 3.17. The minimum atomic E-state index is -1.03. The number of hydrogen-bond acceptors (Lipinski definition) is 5. The molecule has 7 heteroatoms. The number of para-hydroxylation sites is 1. The molecule has 6 nitrogen and oxygen atoms in total. The number of benzene rings is 2. The number of carboxylic acids is 1. The maximum Gasteiger partial charge on any atom is 0.346 e. The van der Waals surface area contributed by atoms with E-state index in [0.717, 1.165) is 21.6 Å². The van der Waals surface area contributed by atoms with Gasteiger partial charge in [-0.15, -0.1) is 11.3 Å². The van der Waals surface area contributed by atoms with Gasteiger partial charge in [-0.05, 0) is 18.6 Å². The van der Waals surface area contributed by atoms with Crippen LogP contribution >= 0.6 is 11.3 Å². The summed E-state index contributed by atoms with van der Waals surface area (Å²) in [5.41, 5.74) is 3.68. The number of ether oxygens (including phenoxy) is 2. The van der Waals surface area contributed by atoms with Crippen LogP contribution < -0.4 is 14.8 Å². The van der Waals surface area contributed by atoms with E-state index in [1.54, 1.807) is 19.3 Å². The molecule has 0 saturated carbocycles. The Morgan fingerprint density at radius 3 is 2.69 bits per heavy atom. The molecule has 0 unspecified atom stereocenters. The van der Waals surface area contributed by atoms with Crippen LogP contribution in [-0.4, -0.2) is 30.7 Å². The fraction of sp³-hybridized carbons (Fsp3) is 0.200. The molecule has 1 aromatic heterocycles. The number of carbonyl (C=O) groups is 2. The predicted molar refractivity (Wildman–Crippen MR) is 125 cm³/mol. The van der Waals surface area contributed by atoms with Crippen molar-refractivity contribution in [2.24, 2.45) is 0 Å². The third-order valence-electron chi connectivity index (χ3n) is 5.39. The molecule has 4 rings (SSSR count). The van der Waals surface area contributed by atoms with E-state index in [1.165, 1.54) is 11.3 Å². The first kappa shape index (κ1) is 21.6. The summed E-state index contributed by atoms with van der Waals surface area (Å²) < 4.78 is 11.4. The van der Waals surface area contributed by atoms with E-state index in [0.29, 0.717) is 22.7 Å². The van der Waals surface area contributed by atoms with Gasteiger partial charge in [-0.1, -0.05) is 54.6 Å². The van der Waals surface area contributed by atoms with Crippen molar-refractivity contribution in [3.8, 4) is 22.6 Å². The van der Waals surface area contributed by atoms with Crippen LogP contribution in [0.5, 0.6) is 11.5 Å². The number of nitrogens with one attached hydrogen (secondary N) is 1. The highest BCUT2D eigenvalue weighted by atomic mass is 32.1. The van der Waals surface area contributed by atoms with Crippen molar-refractivity contribution in [2.75, 3.05) is 19.0 Å². The molecule has 1 aliphatic rings. The maximum atomic E-state index is 12.8. The Labute approximate surface area is 190 Å². The molecule has 0 saturated heterocycles. The van der Waals surface area contributed by atoms with Crippen molar-refractivity contribution in [1.82, 2.24) is 0 Å². The number of methoxy groups -OCH3 is 1. The lowest BCUT2D eigenvalue weighted by Crippen LogP contribution is -2.23. The lowest BCUT2D eigenvalue weighted by molar-refractivity contribution is -0.116. The van der Waals surface area contributed by atoms with Crippen LogP contribution in [0.25, 0.3) is 11.1 Å². The van der Waals surface area contributed by atoms with E-state index in [-0.39, 0.29) is 29.7 Å². The fourth-order valence-electron chi connectivity index (χ4n) is 3.95. The Bertz CT molecular complexity index is 1200. The number of rotatable bonds is 7. The summed E-state index contributed by atoms with van der Waals surface area (Å²) in [6.45, 7) is 5.95. The van der Waals surface area contributed by atoms with Crippen molar-refractivity contribution >= 4 is 28.9 Å². The van der Waals surface area contributed by atoms with Crippen LogP contribution in [0.4, 0.5) is 5.69 Å². The highest BCUT2D eigenvalue weighted by molar-refractivity contribution is 7.15. The number of carbonyl (C=O) groups excluding carboxylic acids is 1. The van der Waals surface area contributed by atoms with Gasteiger partial charge < -0.3 is 19.9 Å². The van der Waals surface area contributed by atoms with Crippen LogP contribution in [0.3, 0.4) is 0 Å². The molecular weight excluding hydrogens is 426 g/mol. The summed E-state index contributed by atoms with van der Waals surface area (Å²) >= 11 is 1.19. The van der Waals surface area contributed by atoms with Gasteiger partial charge in [-0.3, -0.25) is 4.79 Å². The monoisotopic (exact) mass is 449 g/mol. The SMILES string of the molecule is C=CCOc1c(OC)cccc1[C@H]1CC(=O)Nc2c1sc(C(=O)O)c2-c1ccc(C)cc1. The van der Waals surface area contributed by atoms with E-state index >= 15 is 0 Å². The number of carboxylic acid groups (broad SMARTS) is 1. The first-order chi connectivity index (χ1) is 15.4. The quantitative estimate of drug-likeness (QED) is 0.467. The number of fused-ring (bicyclic) bond motifs is 1. The molecule has 1 amide bonds. The van der Waals surface area contributed by atoms with E-state index in [9.17, 15) is 14.7 Å². The minimum absolute atomic E-state index is 0.178. The third-order valence-corrected chi connectivity index (χ3v) is 6.68. The Morgan fingerprint density at radius 1 is 1.28 bits per heavy atom. The zero-order valence-corrected chi connectivity index (χ0v) is 18.6. The largest absolute Gasteiger partial charge is 0.493 e. The summed E-state index contributed by atoms with van der Waals surface area (Å²) in [6, 6.07) is 13.1. The lowest BCUT2D eigenvalue weighted by atomic mass is 9.88. The van der Waals surface area contributed by atoms with Crippen LogP contribution in [0.15, 0.2) is 55.1 Å². The van der Waals surface area contributed by atoms with Gasteiger partial charge >= 0.3 is 5.97 Å². The minimum Gasteiger partial charge on any atom is -0.493 e. The second-order valence-corrected chi connectivity index (χ2v) is 8.55. The van der Waals surface area contributed by atoms with Gasteiger partial charge in [0.05, 0.1) is 12.8 Å². The van der Waals surface area contributed by atoms with Crippen LogP contribution in [-0.2, 0) is 4.79 Å². The Morgan fingerprint density at radius 2 is 2.03 bits per heavy atom. The topological polar surface area (TPSA) is 84.9 Å². The molecule has 32 heavy (non-hydrogen) atoms. The summed E-state index contributed by atoms with van der Waals surface area (Å²) in [5, 5.41) is 12.9. The first-order valence-corrected chi connectivity index (χ1v) is 10.9. The van der Waals surface area contributed by atoms with Gasteiger partial charge in [0.1, 0.15) is 11.5 Å². The fourth-order valence-corrected chi connectivity index (χ4v) is 5.19. The van der Waals surface area contributed by atoms with E-state index in [1.807, 2.05) is 43.3 Å². The van der Waals surface area contributed by atoms with Crippen molar-refractivity contribution in [3.63, 3.8) is 0 Å². The molecular formula is C25H23NO5S. The van der Waals surface area contributed by atoms with Crippen LogP contribution in [0.2, 0.25) is 0 Å². The average molecular weight is 450 g/mol. The highest BCUT2D eigenvalue weighted by Gasteiger charge is 2.36. The van der Waals surface area contributed by atoms with Crippen LogP contribution in [0.1, 0.15) is 38.0 Å². The third kappa shape index (κ3) is 3.87. The zero-order chi connectivity index (χ0) is 22.8. The molecule has 0 aliphatic carbocycles. The number of aromatic carboxylic acids is 1. The number of thiophene rings is 1. The number of amides is 1. The molecule has 1 atom stereocenters. The number of aryl methyl sites for hydroxylation is 1. The number of anilines is 1. The van der Waals surface area contributed by atoms with Gasteiger partial charge in [0.2, 0.25) is 5.91 Å². The molecule has 2 aromatic carbocycles. The van der Waals surface area contributed by atoms with Gasteiger partial charge in [-0.2, -0.15) is 0 Å². The molecule has 3 aromatic rings. The zero-order valence-electron chi connectivity index (χ0n) is 17.8. The van der Waals surface area contributed by atoms with E-state index in [2.05, 4.69) is 11.9 Å². The van der Waals surface area contributed by atoms with E-state index < -0.39 is 5.97 Å². The van der Waals surface area contributed by atoms with Crippen molar-refractivity contribution < 1.29 is 24.2 Å². The maximum absolute atomic E-state index is 12.8. The Hall–Kier alpha value is -3.58. The molecule has 0 radical (unpaired) electrons. The molecule has 0 fully saturated rings. The van der Waals surface area contributed by atoms with Crippen LogP contribution in [0, 0.1) is 6.92 Å². The molecule has 1 aliphatic heterocycles. The van der Waals surface area contributed by atoms with Gasteiger partial charge in [0.25, 0.3) is 0 Å². The standard InChI is InChI=1S/C25H23NO5S/c1-4-12-31-22-16(6-5-7-18(22)30-3)17-13-19(27)26-21-20(15-10-8-14(2)9-11-15)24(25(28)29)32-23(17)21/h4-11,17H,1,12-13H2,2-3H3,(H,26,27)(H,28,29)/t17-/m1/s1. The summed E-state index contributed by atoms with van der Waals surface area (Å²) in [4.78, 5) is 25.9. The summed E-state index contributed by atoms with van der Waals surface area (Å²) in [6.07, 6.45) is 1.82. The molecule has 0 bridgehead atoms. The van der Waals surface area contributed by atoms with Crippen molar-refractivity contribution in [2.45, 2.75) is 19.3 Å². The second kappa shape index (κ2) is 8.88. The van der Waals surface area contributed by atoms with Crippen molar-refractivity contribution in [3.05, 3.63) is 76.0 Å². The van der Waals surface area contributed by atoms with E-state index in [4.69, 9.17) is 9.47 Å². The van der Waals surface area contributed by atoms with Gasteiger partial charge in [0.15, 0.2) is 11.5 Å².